The van der Waals surface area contributed by atoms with Crippen molar-refractivity contribution in [1.82, 2.24) is 14.8 Å². The molecule has 1 atom stereocenters. The molecule has 1 N–H and O–H groups in total. The molecule has 0 unspecified atom stereocenters. The fourth-order valence-corrected chi connectivity index (χ4v) is 5.14. The summed E-state index contributed by atoms with van der Waals surface area (Å²) in [7, 11) is 0. The minimum absolute atomic E-state index is 0.320. The van der Waals surface area contributed by atoms with Gasteiger partial charge in [0.2, 0.25) is 0 Å². The quantitative estimate of drug-likeness (QED) is 0.667. The van der Waals surface area contributed by atoms with Crippen LogP contribution in [-0.4, -0.2) is 26.3 Å². The molecule has 3 aromatic rings. The van der Waals surface area contributed by atoms with E-state index in [1.165, 1.54) is 0 Å². The summed E-state index contributed by atoms with van der Waals surface area (Å²) in [6.07, 6.45) is 2.01. The standard InChI is InChI=1S/C20H17ClN4OS/c21-14-7-8-16-15(11-14)18-22-19(26)17(13-5-2-1-3-6-13)24-25(18)20(23-16)9-4-10-27-12-20/h1-3,5-8,11,23H,4,9-10,12H2/t20-/m1/s1. The van der Waals surface area contributed by atoms with Crippen LogP contribution in [0.3, 0.4) is 0 Å². The lowest BCUT2D eigenvalue weighted by Gasteiger charge is -2.43. The Bertz CT molecular complexity index is 1080. The first-order valence-corrected chi connectivity index (χ1v) is 10.4. The predicted molar refractivity (Wildman–Crippen MR) is 110 cm³/mol. The normalized spacial score (nSPS) is 20.6. The molecule has 2 aromatic carbocycles. The van der Waals surface area contributed by atoms with Crippen molar-refractivity contribution in [3.63, 3.8) is 0 Å². The van der Waals surface area contributed by atoms with E-state index in [0.29, 0.717) is 16.5 Å². The van der Waals surface area contributed by atoms with Crippen LogP contribution in [0, 0.1) is 0 Å². The fourth-order valence-electron chi connectivity index (χ4n) is 3.80. The van der Waals surface area contributed by atoms with E-state index in [4.69, 9.17) is 16.7 Å². The summed E-state index contributed by atoms with van der Waals surface area (Å²) in [5, 5.41) is 9.09. The second kappa shape index (κ2) is 6.39. The molecule has 27 heavy (non-hydrogen) atoms. The number of thioether (sulfide) groups is 1. The topological polar surface area (TPSA) is 59.8 Å². The van der Waals surface area contributed by atoms with Gasteiger partial charge in [-0.1, -0.05) is 41.9 Å². The van der Waals surface area contributed by atoms with Crippen LogP contribution in [0.15, 0.2) is 53.3 Å². The molecule has 1 saturated heterocycles. The van der Waals surface area contributed by atoms with E-state index in [9.17, 15) is 4.79 Å². The number of hydrogen-bond acceptors (Lipinski definition) is 5. The predicted octanol–water partition coefficient (Wildman–Crippen LogP) is 4.23. The van der Waals surface area contributed by atoms with Gasteiger partial charge in [0.05, 0.1) is 0 Å². The number of aromatic nitrogens is 3. The molecular weight excluding hydrogens is 380 g/mol. The molecule has 0 bridgehead atoms. The van der Waals surface area contributed by atoms with Crippen molar-refractivity contribution in [2.24, 2.45) is 0 Å². The highest BCUT2D eigenvalue weighted by atomic mass is 35.5. The molecule has 2 aliphatic rings. The second-order valence-corrected chi connectivity index (χ2v) is 8.41. The van der Waals surface area contributed by atoms with Crippen LogP contribution in [0.5, 0.6) is 0 Å². The molecule has 0 aliphatic carbocycles. The highest BCUT2D eigenvalue weighted by Crippen LogP contribution is 2.43. The summed E-state index contributed by atoms with van der Waals surface area (Å²) < 4.78 is 1.92. The third-order valence-electron chi connectivity index (χ3n) is 5.07. The molecule has 5 nitrogen and oxygen atoms in total. The van der Waals surface area contributed by atoms with Crippen LogP contribution >= 0.6 is 23.4 Å². The number of halogens is 1. The highest BCUT2D eigenvalue weighted by Gasteiger charge is 2.41. The minimum Gasteiger partial charge on any atom is -0.360 e. The summed E-state index contributed by atoms with van der Waals surface area (Å²) >= 11 is 8.11. The fraction of sp³-hybridized carbons (Fsp3) is 0.250. The van der Waals surface area contributed by atoms with Gasteiger partial charge >= 0.3 is 0 Å². The Hall–Kier alpha value is -2.31. The van der Waals surface area contributed by atoms with Gasteiger partial charge in [-0.15, -0.1) is 0 Å². The Morgan fingerprint density at radius 3 is 2.81 bits per heavy atom. The van der Waals surface area contributed by atoms with Gasteiger partial charge < -0.3 is 5.32 Å². The van der Waals surface area contributed by atoms with Crippen LogP contribution in [0.4, 0.5) is 5.69 Å². The summed E-state index contributed by atoms with van der Waals surface area (Å²) in [5.74, 6) is 2.58. The molecule has 1 aromatic heterocycles. The first-order chi connectivity index (χ1) is 13.2. The van der Waals surface area contributed by atoms with E-state index in [-0.39, 0.29) is 11.2 Å². The summed E-state index contributed by atoms with van der Waals surface area (Å²) in [6.45, 7) is 0. The lowest BCUT2D eigenvalue weighted by molar-refractivity contribution is 0.299. The van der Waals surface area contributed by atoms with E-state index in [1.54, 1.807) is 0 Å². The maximum absolute atomic E-state index is 12.8. The molecule has 7 heteroatoms. The number of rotatable bonds is 1. The highest BCUT2D eigenvalue weighted by molar-refractivity contribution is 7.99. The first-order valence-electron chi connectivity index (χ1n) is 8.89. The zero-order valence-corrected chi connectivity index (χ0v) is 16.1. The number of nitrogens with zero attached hydrogens (tertiary/aromatic N) is 3. The SMILES string of the molecule is O=c1nc2n(nc1-c1ccccc1)[C@@]1(CCCSC1)Nc1ccc(Cl)cc1-2. The van der Waals surface area contributed by atoms with E-state index < -0.39 is 0 Å². The van der Waals surface area contributed by atoms with Crippen LogP contribution in [0.25, 0.3) is 22.6 Å². The maximum Gasteiger partial charge on any atom is 0.300 e. The maximum atomic E-state index is 12.8. The number of benzene rings is 2. The van der Waals surface area contributed by atoms with Crippen LogP contribution in [0.1, 0.15) is 12.8 Å². The zero-order chi connectivity index (χ0) is 18.4. The van der Waals surface area contributed by atoms with Gasteiger partial charge in [-0.2, -0.15) is 21.8 Å². The van der Waals surface area contributed by atoms with Crippen LogP contribution < -0.4 is 10.9 Å². The molecule has 0 amide bonds. The van der Waals surface area contributed by atoms with E-state index in [1.807, 2.05) is 65.0 Å². The van der Waals surface area contributed by atoms with Crippen molar-refractivity contribution in [2.45, 2.75) is 18.5 Å². The van der Waals surface area contributed by atoms with Crippen molar-refractivity contribution in [1.29, 1.82) is 0 Å². The first kappa shape index (κ1) is 16.8. The van der Waals surface area contributed by atoms with Gasteiger partial charge in [0.15, 0.2) is 11.5 Å². The minimum atomic E-state index is -0.386. The molecular formula is C20H17ClN4OS. The summed E-state index contributed by atoms with van der Waals surface area (Å²) in [4.78, 5) is 17.3. The molecule has 5 rings (SSSR count). The molecule has 1 spiro atoms. The van der Waals surface area contributed by atoms with Crippen LogP contribution in [0.2, 0.25) is 5.02 Å². The molecule has 136 valence electrons. The monoisotopic (exact) mass is 396 g/mol. The van der Waals surface area contributed by atoms with E-state index in [0.717, 1.165) is 41.2 Å². The average molecular weight is 397 g/mol. The van der Waals surface area contributed by atoms with Crippen LogP contribution in [-0.2, 0) is 5.66 Å². The largest absolute Gasteiger partial charge is 0.360 e. The molecule has 0 saturated carbocycles. The Balaban J connectivity index is 1.79. The van der Waals surface area contributed by atoms with Crippen molar-refractivity contribution < 1.29 is 0 Å². The van der Waals surface area contributed by atoms with Gasteiger partial charge in [0, 0.05) is 27.6 Å². The van der Waals surface area contributed by atoms with Crippen molar-refractivity contribution >= 4 is 29.1 Å². The number of anilines is 1. The lowest BCUT2D eigenvalue weighted by Crippen LogP contribution is -2.51. The third kappa shape index (κ3) is 2.75. The zero-order valence-electron chi connectivity index (χ0n) is 14.5. The molecule has 1 fully saturated rings. The Morgan fingerprint density at radius 1 is 1.19 bits per heavy atom. The molecule has 2 aliphatic heterocycles. The third-order valence-corrected chi connectivity index (χ3v) is 6.57. The lowest BCUT2D eigenvalue weighted by atomic mass is 9.99. The van der Waals surface area contributed by atoms with E-state index >= 15 is 0 Å². The van der Waals surface area contributed by atoms with Gasteiger partial charge in [-0.3, -0.25) is 4.79 Å². The smallest absolute Gasteiger partial charge is 0.300 e. The number of fused-ring (bicyclic) bond motifs is 4. The number of nitrogens with one attached hydrogen (secondary N) is 1. The average Bonchev–Trinajstić information content (AvgIpc) is 2.70. The van der Waals surface area contributed by atoms with Gasteiger partial charge in [0.1, 0.15) is 5.66 Å². The second-order valence-electron chi connectivity index (χ2n) is 6.87. The summed E-state index contributed by atoms with van der Waals surface area (Å²) in [5.41, 5.74) is 2.21. The molecule has 0 radical (unpaired) electrons. The Morgan fingerprint density at radius 2 is 2.04 bits per heavy atom. The number of hydrogen-bond donors (Lipinski definition) is 1. The van der Waals surface area contributed by atoms with Gasteiger partial charge in [0.25, 0.3) is 5.56 Å². The van der Waals surface area contributed by atoms with Crippen molar-refractivity contribution in [3.05, 3.63) is 63.9 Å². The summed E-state index contributed by atoms with van der Waals surface area (Å²) in [6, 6.07) is 15.2. The van der Waals surface area contributed by atoms with Crippen molar-refractivity contribution in [3.8, 4) is 22.6 Å². The van der Waals surface area contributed by atoms with E-state index in [2.05, 4.69) is 10.3 Å². The Kier molecular flexibility index (Phi) is 3.98. The van der Waals surface area contributed by atoms with Gasteiger partial charge in [-0.25, -0.2) is 4.68 Å². The van der Waals surface area contributed by atoms with Gasteiger partial charge in [-0.05, 0) is 36.8 Å². The Labute approximate surface area is 165 Å². The molecule has 3 heterocycles. The van der Waals surface area contributed by atoms with Crippen molar-refractivity contribution in [2.75, 3.05) is 16.8 Å².